The van der Waals surface area contributed by atoms with Gasteiger partial charge in [-0.25, -0.2) is 0 Å². The summed E-state index contributed by atoms with van der Waals surface area (Å²) in [7, 11) is 0. The molecule has 0 aromatic heterocycles. The summed E-state index contributed by atoms with van der Waals surface area (Å²) < 4.78 is 36.1. The average molecular weight is 239 g/mol. The first-order chi connectivity index (χ1) is 7.94. The molecule has 2 rings (SSSR count). The Labute approximate surface area is 97.3 Å². The van der Waals surface area contributed by atoms with E-state index in [1.165, 1.54) is 0 Å². The van der Waals surface area contributed by atoms with E-state index in [1.54, 1.807) is 12.1 Å². The van der Waals surface area contributed by atoms with Crippen molar-refractivity contribution in [1.29, 1.82) is 0 Å². The summed E-state index contributed by atoms with van der Waals surface area (Å²) in [5.74, 6) is 0. The average Bonchev–Trinajstić information content (AvgIpc) is 2.25. The van der Waals surface area contributed by atoms with Crippen molar-refractivity contribution in [2.24, 2.45) is 0 Å². The lowest BCUT2D eigenvalue weighted by molar-refractivity contribution is -0.115. The van der Waals surface area contributed by atoms with Gasteiger partial charge in [-0.1, -0.05) is 29.8 Å². The molecule has 0 saturated carbocycles. The van der Waals surface area contributed by atoms with Crippen molar-refractivity contribution in [3.8, 4) is 0 Å². The van der Waals surface area contributed by atoms with E-state index in [-0.39, 0.29) is 0 Å². The van der Waals surface area contributed by atoms with Crippen LogP contribution in [0.2, 0.25) is 0 Å². The monoisotopic (exact) mass is 239 g/mol. The van der Waals surface area contributed by atoms with E-state index in [9.17, 15) is 13.2 Å². The second kappa shape index (κ2) is 4.28. The first-order valence-corrected chi connectivity index (χ1v) is 5.25. The molecule has 17 heavy (non-hydrogen) atoms. The zero-order valence-corrected chi connectivity index (χ0v) is 9.31. The molecule has 0 bridgehead atoms. The third-order valence-electron chi connectivity index (χ3n) is 2.49. The highest BCUT2D eigenvalue weighted by atomic mass is 19.4. The van der Waals surface area contributed by atoms with Crippen molar-refractivity contribution in [2.75, 3.05) is 11.9 Å². The Balaban J connectivity index is 2.23. The van der Waals surface area contributed by atoms with E-state index >= 15 is 0 Å². The first-order valence-electron chi connectivity index (χ1n) is 5.25. The number of rotatable bonds is 2. The molecular weight excluding hydrogens is 227 g/mol. The van der Waals surface area contributed by atoms with Crippen molar-refractivity contribution in [2.45, 2.75) is 13.1 Å². The van der Waals surface area contributed by atoms with E-state index in [2.05, 4.69) is 5.32 Å². The van der Waals surface area contributed by atoms with Crippen LogP contribution in [0.25, 0.3) is 10.8 Å². The van der Waals surface area contributed by atoms with Gasteiger partial charge in [-0.3, -0.25) is 0 Å². The van der Waals surface area contributed by atoms with Crippen LogP contribution in [-0.2, 0) is 0 Å². The standard InChI is InChI=1S/C13H12F3N/c1-9-2-3-11-7-12(5-4-10(11)6-9)17-8-13(14,15)16/h2-7,17H,8H2,1H3. The minimum absolute atomic E-state index is 0.485. The smallest absolute Gasteiger partial charge is 0.376 e. The highest BCUT2D eigenvalue weighted by Gasteiger charge is 2.26. The Morgan fingerprint density at radius 3 is 2.35 bits per heavy atom. The van der Waals surface area contributed by atoms with Gasteiger partial charge in [0.1, 0.15) is 6.54 Å². The van der Waals surface area contributed by atoms with E-state index in [4.69, 9.17) is 0 Å². The van der Waals surface area contributed by atoms with Crippen LogP contribution in [0.3, 0.4) is 0 Å². The van der Waals surface area contributed by atoms with Gasteiger partial charge in [0.05, 0.1) is 0 Å². The van der Waals surface area contributed by atoms with E-state index in [0.717, 1.165) is 16.3 Å². The molecule has 0 unspecified atom stereocenters. The predicted molar refractivity (Wildman–Crippen MR) is 63.2 cm³/mol. The third-order valence-corrected chi connectivity index (χ3v) is 2.49. The summed E-state index contributed by atoms with van der Waals surface area (Å²) in [5.41, 5.74) is 1.62. The number of aryl methyl sites for hydroxylation is 1. The van der Waals surface area contributed by atoms with Gasteiger partial charge in [-0.15, -0.1) is 0 Å². The molecule has 0 aliphatic heterocycles. The highest BCUT2D eigenvalue weighted by molar-refractivity contribution is 5.86. The molecule has 0 atom stereocenters. The van der Waals surface area contributed by atoms with Crippen molar-refractivity contribution >= 4 is 16.5 Å². The van der Waals surface area contributed by atoms with Crippen molar-refractivity contribution in [1.82, 2.24) is 0 Å². The number of hydrogen-bond acceptors (Lipinski definition) is 1. The number of hydrogen-bond donors (Lipinski definition) is 1. The molecule has 0 amide bonds. The van der Waals surface area contributed by atoms with Crippen LogP contribution in [0, 0.1) is 6.92 Å². The lowest BCUT2D eigenvalue weighted by Crippen LogP contribution is -2.21. The van der Waals surface area contributed by atoms with Crippen LogP contribution in [0.15, 0.2) is 36.4 Å². The van der Waals surface area contributed by atoms with Crippen LogP contribution >= 0.6 is 0 Å². The van der Waals surface area contributed by atoms with Crippen LogP contribution in [-0.4, -0.2) is 12.7 Å². The first kappa shape index (κ1) is 11.8. The van der Waals surface area contributed by atoms with E-state index in [0.29, 0.717) is 5.69 Å². The SMILES string of the molecule is Cc1ccc2cc(NCC(F)(F)F)ccc2c1. The van der Waals surface area contributed by atoms with Crippen LogP contribution in [0.1, 0.15) is 5.56 Å². The van der Waals surface area contributed by atoms with E-state index in [1.807, 2.05) is 31.2 Å². The summed E-state index contributed by atoms with van der Waals surface area (Å²) in [5, 5.41) is 4.33. The molecule has 90 valence electrons. The topological polar surface area (TPSA) is 12.0 Å². The fourth-order valence-corrected chi connectivity index (χ4v) is 1.68. The molecule has 0 saturated heterocycles. The molecule has 0 aliphatic rings. The summed E-state index contributed by atoms with van der Waals surface area (Å²) in [6.07, 6.45) is -4.19. The minimum atomic E-state index is -4.19. The Bertz CT molecular complexity index is 532. The number of alkyl halides is 3. The van der Waals surface area contributed by atoms with E-state index < -0.39 is 12.7 Å². The zero-order valence-electron chi connectivity index (χ0n) is 9.31. The van der Waals surface area contributed by atoms with Gasteiger partial charge in [0, 0.05) is 5.69 Å². The fraction of sp³-hybridized carbons (Fsp3) is 0.231. The van der Waals surface area contributed by atoms with Gasteiger partial charge < -0.3 is 5.32 Å². The number of nitrogens with one attached hydrogen (secondary N) is 1. The minimum Gasteiger partial charge on any atom is -0.376 e. The molecule has 4 heteroatoms. The Morgan fingerprint density at radius 2 is 1.65 bits per heavy atom. The lowest BCUT2D eigenvalue weighted by Gasteiger charge is -2.10. The molecule has 0 radical (unpaired) electrons. The van der Waals surface area contributed by atoms with Gasteiger partial charge in [0.25, 0.3) is 0 Å². The quantitative estimate of drug-likeness (QED) is 0.831. The number of halogens is 3. The molecule has 0 fully saturated rings. The number of fused-ring (bicyclic) bond motifs is 1. The molecule has 2 aromatic rings. The zero-order chi connectivity index (χ0) is 12.5. The number of benzene rings is 2. The maximum atomic E-state index is 12.0. The van der Waals surface area contributed by atoms with Crippen LogP contribution in [0.4, 0.5) is 18.9 Å². The van der Waals surface area contributed by atoms with Crippen molar-refractivity contribution in [3.63, 3.8) is 0 Å². The second-order valence-corrected chi connectivity index (χ2v) is 4.03. The highest BCUT2D eigenvalue weighted by Crippen LogP contribution is 2.22. The maximum absolute atomic E-state index is 12.0. The Kier molecular flexibility index (Phi) is 2.96. The third kappa shape index (κ3) is 3.12. The summed E-state index contributed by atoms with van der Waals surface area (Å²) in [4.78, 5) is 0. The molecule has 0 spiro atoms. The maximum Gasteiger partial charge on any atom is 0.405 e. The number of anilines is 1. The Morgan fingerprint density at radius 1 is 1.00 bits per heavy atom. The largest absolute Gasteiger partial charge is 0.405 e. The predicted octanol–water partition coefficient (Wildman–Crippen LogP) is 4.12. The molecule has 0 heterocycles. The molecule has 1 N–H and O–H groups in total. The van der Waals surface area contributed by atoms with Gasteiger partial charge in [-0.2, -0.15) is 13.2 Å². The van der Waals surface area contributed by atoms with Gasteiger partial charge in [-0.05, 0) is 29.8 Å². The second-order valence-electron chi connectivity index (χ2n) is 4.03. The molecule has 1 nitrogen and oxygen atoms in total. The normalized spacial score (nSPS) is 11.8. The van der Waals surface area contributed by atoms with Gasteiger partial charge in [0.15, 0.2) is 0 Å². The lowest BCUT2D eigenvalue weighted by atomic mass is 10.1. The van der Waals surface area contributed by atoms with Gasteiger partial charge in [0.2, 0.25) is 0 Å². The summed E-state index contributed by atoms with van der Waals surface area (Å²) >= 11 is 0. The molecule has 2 aromatic carbocycles. The summed E-state index contributed by atoms with van der Waals surface area (Å²) in [6, 6.07) is 11.1. The van der Waals surface area contributed by atoms with Gasteiger partial charge >= 0.3 is 6.18 Å². The molecule has 0 aliphatic carbocycles. The van der Waals surface area contributed by atoms with Crippen LogP contribution < -0.4 is 5.32 Å². The Hall–Kier alpha value is -1.71. The van der Waals surface area contributed by atoms with Crippen molar-refractivity contribution in [3.05, 3.63) is 42.0 Å². The fourth-order valence-electron chi connectivity index (χ4n) is 1.68. The molecular formula is C13H12F3N. The van der Waals surface area contributed by atoms with Crippen molar-refractivity contribution < 1.29 is 13.2 Å². The van der Waals surface area contributed by atoms with Crippen LogP contribution in [0.5, 0.6) is 0 Å². The summed E-state index contributed by atoms with van der Waals surface area (Å²) in [6.45, 7) is 0.972.